The number of hydrogen-bond acceptors (Lipinski definition) is 5. The minimum atomic E-state index is -0.182. The minimum absolute atomic E-state index is 0.0780. The normalized spacial score (nSPS) is 14.3. The number of rotatable bonds is 6. The molecule has 0 bridgehead atoms. The fourth-order valence-electron chi connectivity index (χ4n) is 3.25. The van der Waals surface area contributed by atoms with Crippen LogP contribution in [-0.2, 0) is 4.79 Å². The molecule has 0 unspecified atom stereocenters. The summed E-state index contributed by atoms with van der Waals surface area (Å²) in [5, 5.41) is 3.48. The highest BCUT2D eigenvalue weighted by molar-refractivity contribution is 6.44. The highest BCUT2D eigenvalue weighted by atomic mass is 35.5. The topological polar surface area (TPSA) is 71.1 Å². The van der Waals surface area contributed by atoms with Crippen molar-refractivity contribution in [3.63, 3.8) is 0 Å². The number of nitrogens with one attached hydrogen (secondary N) is 1. The van der Waals surface area contributed by atoms with Crippen LogP contribution < -0.4 is 14.8 Å². The molecule has 9 heteroatoms. The van der Waals surface area contributed by atoms with Gasteiger partial charge >= 0.3 is 0 Å². The second kappa shape index (κ2) is 10.0. The number of benzene rings is 2. The van der Waals surface area contributed by atoms with Gasteiger partial charge in [-0.2, -0.15) is 0 Å². The number of anilines is 1. The third-order valence-electron chi connectivity index (χ3n) is 4.88. The van der Waals surface area contributed by atoms with Crippen molar-refractivity contribution < 1.29 is 19.1 Å². The van der Waals surface area contributed by atoms with Gasteiger partial charge in [-0.25, -0.2) is 0 Å². The second-order valence-electron chi connectivity index (χ2n) is 6.79. The summed E-state index contributed by atoms with van der Waals surface area (Å²) in [7, 11) is 3.08. The molecule has 2 aromatic rings. The van der Waals surface area contributed by atoms with Crippen LogP contribution in [0.25, 0.3) is 0 Å². The monoisotopic (exact) mass is 451 g/mol. The van der Waals surface area contributed by atoms with Crippen LogP contribution in [0.15, 0.2) is 36.4 Å². The molecule has 0 saturated carbocycles. The van der Waals surface area contributed by atoms with Crippen molar-refractivity contribution in [2.45, 2.75) is 0 Å². The summed E-state index contributed by atoms with van der Waals surface area (Å²) in [5.41, 5.74) is 1.02. The number of carbonyl (C=O) groups excluding carboxylic acids is 2. The first-order chi connectivity index (χ1) is 14.4. The van der Waals surface area contributed by atoms with Crippen LogP contribution in [0.5, 0.6) is 11.5 Å². The first kappa shape index (κ1) is 22.2. The van der Waals surface area contributed by atoms with E-state index < -0.39 is 0 Å². The lowest BCUT2D eigenvalue weighted by Crippen LogP contribution is -2.50. The predicted octanol–water partition coefficient (Wildman–Crippen LogP) is 3.41. The zero-order valence-electron chi connectivity index (χ0n) is 16.8. The van der Waals surface area contributed by atoms with Crippen LogP contribution in [0, 0.1) is 0 Å². The SMILES string of the molecule is COc1ccc(C(=O)N2CCN(CC(=O)Nc3cccc(Cl)c3Cl)CC2)cc1OC. The molecule has 2 amide bonds. The third kappa shape index (κ3) is 5.16. The molecular weight excluding hydrogens is 429 g/mol. The first-order valence-electron chi connectivity index (χ1n) is 9.40. The van der Waals surface area contributed by atoms with E-state index in [2.05, 4.69) is 5.32 Å². The van der Waals surface area contributed by atoms with E-state index in [-0.39, 0.29) is 18.4 Å². The highest BCUT2D eigenvalue weighted by Crippen LogP contribution is 2.30. The van der Waals surface area contributed by atoms with Gasteiger partial charge in [-0.1, -0.05) is 29.3 Å². The lowest BCUT2D eigenvalue weighted by molar-refractivity contribution is -0.117. The van der Waals surface area contributed by atoms with E-state index in [0.29, 0.717) is 59.0 Å². The minimum Gasteiger partial charge on any atom is -0.493 e. The highest BCUT2D eigenvalue weighted by Gasteiger charge is 2.24. The Bertz CT molecular complexity index is 930. The summed E-state index contributed by atoms with van der Waals surface area (Å²) in [5.74, 6) is 0.826. The van der Waals surface area contributed by atoms with Crippen LogP contribution in [-0.4, -0.2) is 68.6 Å². The van der Waals surface area contributed by atoms with Gasteiger partial charge in [0.15, 0.2) is 11.5 Å². The van der Waals surface area contributed by atoms with E-state index in [1.54, 1.807) is 48.4 Å². The number of ether oxygens (including phenoxy) is 2. The molecule has 0 spiro atoms. The average Bonchev–Trinajstić information content (AvgIpc) is 2.76. The number of hydrogen-bond donors (Lipinski definition) is 1. The summed E-state index contributed by atoms with van der Waals surface area (Å²) >= 11 is 12.1. The zero-order chi connectivity index (χ0) is 21.7. The maximum Gasteiger partial charge on any atom is 0.254 e. The largest absolute Gasteiger partial charge is 0.493 e. The molecule has 1 aliphatic rings. The Balaban J connectivity index is 1.53. The lowest BCUT2D eigenvalue weighted by Gasteiger charge is -2.34. The molecule has 30 heavy (non-hydrogen) atoms. The van der Waals surface area contributed by atoms with Crippen molar-refractivity contribution >= 4 is 40.7 Å². The summed E-state index contributed by atoms with van der Waals surface area (Å²) < 4.78 is 10.5. The van der Waals surface area contributed by atoms with Gasteiger partial charge in [-0.3, -0.25) is 14.5 Å². The molecule has 1 saturated heterocycles. The second-order valence-corrected chi connectivity index (χ2v) is 7.57. The molecule has 1 aliphatic heterocycles. The molecule has 160 valence electrons. The van der Waals surface area contributed by atoms with Crippen molar-refractivity contribution in [1.82, 2.24) is 9.80 Å². The quantitative estimate of drug-likeness (QED) is 0.728. The molecule has 1 N–H and O–H groups in total. The van der Waals surface area contributed by atoms with Gasteiger partial charge in [-0.05, 0) is 30.3 Å². The Kier molecular flexibility index (Phi) is 7.42. The molecule has 3 rings (SSSR count). The Morgan fingerprint density at radius 1 is 1.00 bits per heavy atom. The number of halogens is 2. The van der Waals surface area contributed by atoms with Gasteiger partial charge in [0.25, 0.3) is 5.91 Å². The van der Waals surface area contributed by atoms with Crippen molar-refractivity contribution in [2.75, 3.05) is 52.3 Å². The number of amides is 2. The Hall–Kier alpha value is -2.48. The van der Waals surface area contributed by atoms with Crippen LogP contribution in [0.4, 0.5) is 5.69 Å². The molecule has 0 aromatic heterocycles. The molecule has 1 heterocycles. The number of piperazine rings is 1. The van der Waals surface area contributed by atoms with E-state index in [0.717, 1.165) is 0 Å². The third-order valence-corrected chi connectivity index (χ3v) is 5.70. The molecule has 0 radical (unpaired) electrons. The maximum absolute atomic E-state index is 12.8. The number of carbonyl (C=O) groups is 2. The van der Waals surface area contributed by atoms with Crippen LogP contribution in [0.1, 0.15) is 10.4 Å². The van der Waals surface area contributed by atoms with Crippen LogP contribution in [0.2, 0.25) is 10.0 Å². The van der Waals surface area contributed by atoms with Crippen molar-refractivity contribution in [2.24, 2.45) is 0 Å². The number of methoxy groups -OCH3 is 2. The predicted molar refractivity (Wildman–Crippen MR) is 117 cm³/mol. The summed E-state index contributed by atoms with van der Waals surface area (Å²) in [4.78, 5) is 28.9. The smallest absolute Gasteiger partial charge is 0.254 e. The van der Waals surface area contributed by atoms with E-state index in [9.17, 15) is 9.59 Å². The van der Waals surface area contributed by atoms with E-state index in [1.807, 2.05) is 4.90 Å². The van der Waals surface area contributed by atoms with Gasteiger partial charge < -0.3 is 19.7 Å². The summed E-state index contributed by atoms with van der Waals surface area (Å²) in [6, 6.07) is 10.2. The van der Waals surface area contributed by atoms with Crippen LogP contribution in [0.3, 0.4) is 0 Å². The average molecular weight is 452 g/mol. The standard InChI is InChI=1S/C21H23Cl2N3O4/c1-29-17-7-6-14(12-18(17)30-2)21(28)26-10-8-25(9-11-26)13-19(27)24-16-5-3-4-15(22)20(16)23/h3-7,12H,8-11,13H2,1-2H3,(H,24,27). The fourth-order valence-corrected chi connectivity index (χ4v) is 3.60. The molecule has 7 nitrogen and oxygen atoms in total. The maximum atomic E-state index is 12.8. The van der Waals surface area contributed by atoms with E-state index >= 15 is 0 Å². The van der Waals surface area contributed by atoms with E-state index in [1.165, 1.54) is 7.11 Å². The first-order valence-corrected chi connectivity index (χ1v) is 10.2. The van der Waals surface area contributed by atoms with Crippen molar-refractivity contribution in [3.05, 3.63) is 52.0 Å². The Morgan fingerprint density at radius 3 is 2.37 bits per heavy atom. The van der Waals surface area contributed by atoms with Gasteiger partial charge in [0.05, 0.1) is 36.5 Å². The summed E-state index contributed by atoms with van der Waals surface area (Å²) in [6.45, 7) is 2.45. The van der Waals surface area contributed by atoms with Crippen molar-refractivity contribution in [3.8, 4) is 11.5 Å². The van der Waals surface area contributed by atoms with Gasteiger partial charge in [0, 0.05) is 31.7 Å². The van der Waals surface area contributed by atoms with E-state index in [4.69, 9.17) is 32.7 Å². The molecule has 2 aromatic carbocycles. The van der Waals surface area contributed by atoms with Crippen molar-refractivity contribution in [1.29, 1.82) is 0 Å². The van der Waals surface area contributed by atoms with Gasteiger partial charge in [-0.15, -0.1) is 0 Å². The fraction of sp³-hybridized carbons (Fsp3) is 0.333. The lowest BCUT2D eigenvalue weighted by atomic mass is 10.1. The van der Waals surface area contributed by atoms with Gasteiger partial charge in [0.2, 0.25) is 5.91 Å². The summed E-state index contributed by atoms with van der Waals surface area (Å²) in [6.07, 6.45) is 0. The van der Waals surface area contributed by atoms with Gasteiger partial charge in [0.1, 0.15) is 0 Å². The Labute approximate surface area is 185 Å². The zero-order valence-corrected chi connectivity index (χ0v) is 18.3. The molecular formula is C21H23Cl2N3O4. The van der Waals surface area contributed by atoms with Crippen LogP contribution >= 0.6 is 23.2 Å². The number of nitrogens with zero attached hydrogens (tertiary/aromatic N) is 2. The molecule has 0 aliphatic carbocycles. The molecule has 0 atom stereocenters. The molecule has 1 fully saturated rings. The Morgan fingerprint density at radius 2 is 1.70 bits per heavy atom.